The Bertz CT molecular complexity index is 384. The summed E-state index contributed by atoms with van der Waals surface area (Å²) in [5, 5.41) is 19.2. The van der Waals surface area contributed by atoms with E-state index >= 15 is 0 Å². The average molecular weight is 197 g/mol. The lowest BCUT2D eigenvalue weighted by Gasteiger charge is -1.99. The van der Waals surface area contributed by atoms with Crippen molar-refractivity contribution in [3.05, 3.63) is 38.9 Å². The van der Waals surface area contributed by atoms with Gasteiger partial charge in [0.15, 0.2) is 0 Å². The molecular formula is C8H5ClN2O2. The van der Waals surface area contributed by atoms with E-state index in [1.165, 1.54) is 18.2 Å². The number of halogens is 1. The van der Waals surface area contributed by atoms with Gasteiger partial charge in [-0.15, -0.1) is 0 Å². The summed E-state index contributed by atoms with van der Waals surface area (Å²) in [6.07, 6.45) is -0.0456. The van der Waals surface area contributed by atoms with Gasteiger partial charge in [0.25, 0.3) is 5.69 Å². The Morgan fingerprint density at radius 2 is 2.31 bits per heavy atom. The molecular weight excluding hydrogens is 192 g/mol. The zero-order chi connectivity index (χ0) is 9.84. The van der Waals surface area contributed by atoms with Crippen LogP contribution < -0.4 is 0 Å². The van der Waals surface area contributed by atoms with E-state index in [0.29, 0.717) is 0 Å². The second-order valence-electron chi connectivity index (χ2n) is 2.33. The number of nitrogens with zero attached hydrogens (tertiary/aromatic N) is 2. The van der Waals surface area contributed by atoms with E-state index in [4.69, 9.17) is 16.9 Å². The zero-order valence-electron chi connectivity index (χ0n) is 6.53. The van der Waals surface area contributed by atoms with Crippen LogP contribution in [0.25, 0.3) is 0 Å². The highest BCUT2D eigenvalue weighted by atomic mass is 35.5. The molecule has 0 fully saturated rings. The van der Waals surface area contributed by atoms with Crippen LogP contribution in [0.2, 0.25) is 5.02 Å². The molecule has 0 aromatic heterocycles. The lowest BCUT2D eigenvalue weighted by molar-refractivity contribution is -0.385. The molecule has 0 saturated carbocycles. The first-order valence-corrected chi connectivity index (χ1v) is 3.83. The fraction of sp³-hybridized carbons (Fsp3) is 0.125. The maximum Gasteiger partial charge on any atom is 0.275 e. The number of nitro benzene ring substituents is 1. The molecule has 4 nitrogen and oxygen atoms in total. The van der Waals surface area contributed by atoms with Crippen LogP contribution in [0.4, 0.5) is 5.69 Å². The summed E-state index contributed by atoms with van der Waals surface area (Å²) in [4.78, 5) is 9.94. The van der Waals surface area contributed by atoms with Crippen molar-refractivity contribution in [2.45, 2.75) is 6.42 Å². The number of hydrogen-bond acceptors (Lipinski definition) is 3. The molecule has 0 aliphatic carbocycles. The van der Waals surface area contributed by atoms with Crippen molar-refractivity contribution in [2.75, 3.05) is 0 Å². The van der Waals surface area contributed by atoms with E-state index in [1.807, 2.05) is 6.07 Å². The van der Waals surface area contributed by atoms with Gasteiger partial charge in [0.2, 0.25) is 0 Å². The molecule has 0 aliphatic heterocycles. The molecule has 0 heterocycles. The summed E-state index contributed by atoms with van der Waals surface area (Å²) in [5.74, 6) is 0. The maximum atomic E-state index is 10.5. The number of hydrogen-bond donors (Lipinski definition) is 0. The number of nitriles is 1. The van der Waals surface area contributed by atoms with Crippen LogP contribution >= 0.6 is 11.6 Å². The van der Waals surface area contributed by atoms with Crippen LogP contribution in [-0.4, -0.2) is 4.92 Å². The summed E-state index contributed by atoms with van der Waals surface area (Å²) in [6, 6.07) is 6.18. The van der Waals surface area contributed by atoms with Gasteiger partial charge < -0.3 is 0 Å². The molecule has 1 aromatic carbocycles. The highest BCUT2D eigenvalue weighted by Crippen LogP contribution is 2.26. The standard InChI is InChI=1S/C8H5ClN2O2/c9-7-2-1-3-8(11(12)13)6(7)4-5-10/h1-3H,4H2. The molecule has 0 radical (unpaired) electrons. The van der Waals surface area contributed by atoms with Crippen LogP contribution in [-0.2, 0) is 6.42 Å². The maximum absolute atomic E-state index is 10.5. The first kappa shape index (κ1) is 9.49. The monoisotopic (exact) mass is 196 g/mol. The molecule has 0 N–H and O–H groups in total. The quantitative estimate of drug-likeness (QED) is 0.539. The number of nitro groups is 1. The lowest BCUT2D eigenvalue weighted by atomic mass is 10.1. The van der Waals surface area contributed by atoms with E-state index in [1.54, 1.807) is 0 Å². The molecule has 0 aliphatic rings. The minimum Gasteiger partial charge on any atom is -0.258 e. The third-order valence-electron chi connectivity index (χ3n) is 1.55. The fourth-order valence-electron chi connectivity index (χ4n) is 0.972. The molecule has 5 heteroatoms. The Labute approximate surface area is 79.5 Å². The first-order chi connectivity index (χ1) is 6.16. The van der Waals surface area contributed by atoms with Crippen LogP contribution in [0.3, 0.4) is 0 Å². The van der Waals surface area contributed by atoms with E-state index in [9.17, 15) is 10.1 Å². The second kappa shape index (κ2) is 3.87. The van der Waals surface area contributed by atoms with Crippen molar-refractivity contribution in [3.8, 4) is 6.07 Å². The molecule has 0 atom stereocenters. The molecule has 1 aromatic rings. The predicted molar refractivity (Wildman–Crippen MR) is 47.4 cm³/mol. The fourth-order valence-corrected chi connectivity index (χ4v) is 1.21. The predicted octanol–water partition coefficient (Wildman–Crippen LogP) is 2.31. The van der Waals surface area contributed by atoms with Gasteiger partial charge >= 0.3 is 0 Å². The zero-order valence-corrected chi connectivity index (χ0v) is 7.28. The molecule has 0 unspecified atom stereocenters. The van der Waals surface area contributed by atoms with Crippen LogP contribution in [0.1, 0.15) is 5.56 Å². The molecule has 1 rings (SSSR count). The van der Waals surface area contributed by atoms with Gasteiger partial charge in [-0.3, -0.25) is 10.1 Å². The Balaban J connectivity index is 3.27. The summed E-state index contributed by atoms with van der Waals surface area (Å²) in [6.45, 7) is 0. The van der Waals surface area contributed by atoms with Crippen LogP contribution in [0, 0.1) is 21.4 Å². The average Bonchev–Trinajstić information content (AvgIpc) is 2.08. The van der Waals surface area contributed by atoms with Gasteiger partial charge in [-0.1, -0.05) is 17.7 Å². The number of benzene rings is 1. The van der Waals surface area contributed by atoms with E-state index in [-0.39, 0.29) is 22.7 Å². The summed E-state index contributed by atoms with van der Waals surface area (Å²) >= 11 is 5.70. The van der Waals surface area contributed by atoms with E-state index < -0.39 is 4.92 Å². The van der Waals surface area contributed by atoms with Crippen molar-refractivity contribution in [2.24, 2.45) is 0 Å². The molecule has 0 amide bonds. The number of rotatable bonds is 2. The summed E-state index contributed by atoms with van der Waals surface area (Å²) in [5.41, 5.74) is 0.172. The van der Waals surface area contributed by atoms with Crippen molar-refractivity contribution in [1.82, 2.24) is 0 Å². The van der Waals surface area contributed by atoms with Crippen LogP contribution in [0.15, 0.2) is 18.2 Å². The highest BCUT2D eigenvalue weighted by molar-refractivity contribution is 6.31. The highest BCUT2D eigenvalue weighted by Gasteiger charge is 2.15. The van der Waals surface area contributed by atoms with Crippen LogP contribution in [0.5, 0.6) is 0 Å². The topological polar surface area (TPSA) is 66.9 Å². The molecule has 13 heavy (non-hydrogen) atoms. The van der Waals surface area contributed by atoms with Gasteiger partial charge in [0.1, 0.15) is 0 Å². The van der Waals surface area contributed by atoms with Crippen molar-refractivity contribution >= 4 is 17.3 Å². The SMILES string of the molecule is N#CCc1c(Cl)cccc1[N+](=O)[O-]. The lowest BCUT2D eigenvalue weighted by Crippen LogP contribution is -1.95. The van der Waals surface area contributed by atoms with Gasteiger partial charge in [-0.05, 0) is 6.07 Å². The minimum atomic E-state index is -0.543. The molecule has 66 valence electrons. The van der Waals surface area contributed by atoms with Crippen molar-refractivity contribution in [1.29, 1.82) is 5.26 Å². The second-order valence-corrected chi connectivity index (χ2v) is 2.74. The van der Waals surface area contributed by atoms with Gasteiger partial charge in [-0.25, -0.2) is 0 Å². The van der Waals surface area contributed by atoms with E-state index in [0.717, 1.165) is 0 Å². The smallest absolute Gasteiger partial charge is 0.258 e. The summed E-state index contributed by atoms with van der Waals surface area (Å²) in [7, 11) is 0. The third kappa shape index (κ3) is 1.95. The summed E-state index contributed by atoms with van der Waals surface area (Å²) < 4.78 is 0. The Kier molecular flexibility index (Phi) is 2.83. The Morgan fingerprint density at radius 1 is 1.62 bits per heavy atom. The molecule has 0 spiro atoms. The minimum absolute atomic E-state index is 0.0456. The largest absolute Gasteiger partial charge is 0.275 e. The Morgan fingerprint density at radius 3 is 2.85 bits per heavy atom. The van der Waals surface area contributed by atoms with E-state index in [2.05, 4.69) is 0 Å². The third-order valence-corrected chi connectivity index (χ3v) is 1.90. The normalized spacial score (nSPS) is 9.23. The van der Waals surface area contributed by atoms with Gasteiger partial charge in [0, 0.05) is 6.07 Å². The molecule has 0 bridgehead atoms. The van der Waals surface area contributed by atoms with Gasteiger partial charge in [0.05, 0.1) is 28.0 Å². The van der Waals surface area contributed by atoms with Crippen molar-refractivity contribution in [3.63, 3.8) is 0 Å². The molecule has 0 saturated heterocycles. The van der Waals surface area contributed by atoms with Crippen molar-refractivity contribution < 1.29 is 4.92 Å². The Hall–Kier alpha value is -1.60. The van der Waals surface area contributed by atoms with Gasteiger partial charge in [-0.2, -0.15) is 5.26 Å². The first-order valence-electron chi connectivity index (χ1n) is 3.45.